The van der Waals surface area contributed by atoms with Crippen molar-refractivity contribution in [2.45, 2.75) is 46.3 Å². The van der Waals surface area contributed by atoms with Crippen LogP contribution in [0.25, 0.3) is 0 Å². The van der Waals surface area contributed by atoms with Gasteiger partial charge in [-0.1, -0.05) is 13.8 Å². The zero-order valence-corrected chi connectivity index (χ0v) is 13.5. The molecule has 2 nitrogen and oxygen atoms in total. The van der Waals surface area contributed by atoms with E-state index in [9.17, 15) is 4.39 Å². The van der Waals surface area contributed by atoms with Gasteiger partial charge in [-0.3, -0.25) is 0 Å². The Labute approximate surface area is 122 Å². The Hall–Kier alpha value is -0.610. The normalized spacial score (nSPS) is 24.9. The van der Waals surface area contributed by atoms with Crippen molar-refractivity contribution in [2.24, 2.45) is 5.41 Å². The van der Waals surface area contributed by atoms with E-state index in [1.165, 1.54) is 0 Å². The summed E-state index contributed by atoms with van der Waals surface area (Å²) in [5.41, 5.74) is 2.02. The van der Waals surface area contributed by atoms with Gasteiger partial charge in [0.05, 0.1) is 10.6 Å². The first-order valence-corrected chi connectivity index (χ1v) is 7.49. The van der Waals surface area contributed by atoms with Crippen LogP contribution in [0, 0.1) is 18.2 Å². The van der Waals surface area contributed by atoms with Crippen molar-refractivity contribution < 1.29 is 9.13 Å². The molecule has 2 unspecified atom stereocenters. The molecule has 1 fully saturated rings. The fourth-order valence-corrected chi connectivity index (χ4v) is 2.95. The van der Waals surface area contributed by atoms with Crippen molar-refractivity contribution in [3.05, 3.63) is 28.0 Å². The largest absolute Gasteiger partial charge is 0.381 e. The summed E-state index contributed by atoms with van der Waals surface area (Å²) in [7, 11) is 0. The quantitative estimate of drug-likeness (QED) is 0.877. The Kier molecular flexibility index (Phi) is 4.21. The predicted molar refractivity (Wildman–Crippen MR) is 80.1 cm³/mol. The van der Waals surface area contributed by atoms with Crippen LogP contribution in [0.3, 0.4) is 0 Å². The second kappa shape index (κ2) is 5.41. The van der Waals surface area contributed by atoms with Gasteiger partial charge in [0, 0.05) is 23.8 Å². The summed E-state index contributed by atoms with van der Waals surface area (Å²) in [5.74, 6) is -0.219. The van der Waals surface area contributed by atoms with Gasteiger partial charge >= 0.3 is 0 Å². The van der Waals surface area contributed by atoms with Gasteiger partial charge in [0.15, 0.2) is 0 Å². The minimum absolute atomic E-state index is 0.101. The average molecular weight is 330 g/mol. The number of rotatable bonds is 4. The van der Waals surface area contributed by atoms with E-state index in [4.69, 9.17) is 4.74 Å². The third kappa shape index (κ3) is 2.79. The molecule has 1 saturated carbocycles. The number of benzene rings is 1. The van der Waals surface area contributed by atoms with Gasteiger partial charge in [0.25, 0.3) is 0 Å². The van der Waals surface area contributed by atoms with Crippen LogP contribution in [-0.2, 0) is 4.74 Å². The molecule has 0 aliphatic heterocycles. The molecule has 2 rings (SSSR count). The maximum Gasteiger partial charge on any atom is 0.137 e. The molecule has 1 aromatic carbocycles. The number of anilines is 1. The maximum absolute atomic E-state index is 13.4. The molecular weight excluding hydrogens is 309 g/mol. The SMILES string of the molecule is CCOC1CC(Nc2cc(Br)c(F)cc2C)C1(C)C. The molecule has 1 aromatic rings. The van der Waals surface area contributed by atoms with Gasteiger partial charge in [-0.15, -0.1) is 0 Å². The van der Waals surface area contributed by atoms with Crippen LogP contribution in [0.15, 0.2) is 16.6 Å². The van der Waals surface area contributed by atoms with Crippen molar-refractivity contribution in [1.82, 2.24) is 0 Å². The van der Waals surface area contributed by atoms with Crippen LogP contribution in [0.1, 0.15) is 32.8 Å². The molecule has 0 saturated heterocycles. The van der Waals surface area contributed by atoms with E-state index in [2.05, 4.69) is 35.1 Å². The zero-order chi connectivity index (χ0) is 14.2. The molecule has 0 radical (unpaired) electrons. The number of ether oxygens (including phenoxy) is 1. The number of halogens is 2. The third-order valence-corrected chi connectivity index (χ3v) is 4.75. The summed E-state index contributed by atoms with van der Waals surface area (Å²) in [5, 5.41) is 3.52. The van der Waals surface area contributed by atoms with E-state index in [1.807, 2.05) is 19.9 Å². The van der Waals surface area contributed by atoms with Crippen LogP contribution in [0.5, 0.6) is 0 Å². The molecule has 0 amide bonds. The number of aryl methyl sites for hydroxylation is 1. The summed E-state index contributed by atoms with van der Waals surface area (Å²) < 4.78 is 19.6. The van der Waals surface area contributed by atoms with Crippen LogP contribution in [-0.4, -0.2) is 18.8 Å². The van der Waals surface area contributed by atoms with Gasteiger partial charge < -0.3 is 10.1 Å². The first kappa shape index (κ1) is 14.8. The first-order valence-electron chi connectivity index (χ1n) is 6.70. The molecule has 2 atom stereocenters. The lowest BCUT2D eigenvalue weighted by atomic mass is 9.64. The highest BCUT2D eigenvalue weighted by Gasteiger charge is 2.48. The van der Waals surface area contributed by atoms with E-state index in [0.717, 1.165) is 24.3 Å². The van der Waals surface area contributed by atoms with Gasteiger partial charge in [-0.25, -0.2) is 4.39 Å². The lowest BCUT2D eigenvalue weighted by molar-refractivity contribution is -0.0976. The molecular formula is C15H21BrFNO. The number of nitrogens with one attached hydrogen (secondary N) is 1. The Balaban J connectivity index is 2.09. The van der Waals surface area contributed by atoms with Crippen molar-refractivity contribution in [3.8, 4) is 0 Å². The fourth-order valence-electron chi connectivity index (χ4n) is 2.60. The van der Waals surface area contributed by atoms with Crippen molar-refractivity contribution in [3.63, 3.8) is 0 Å². The highest BCUT2D eigenvalue weighted by Crippen LogP contribution is 2.44. The average Bonchev–Trinajstić information content (AvgIpc) is 2.34. The Morgan fingerprint density at radius 2 is 2.16 bits per heavy atom. The second-order valence-corrected chi connectivity index (χ2v) is 6.63. The molecule has 19 heavy (non-hydrogen) atoms. The highest BCUT2D eigenvalue weighted by molar-refractivity contribution is 9.10. The molecule has 1 aliphatic rings. The lowest BCUT2D eigenvalue weighted by Gasteiger charge is -2.52. The van der Waals surface area contributed by atoms with E-state index in [-0.39, 0.29) is 11.2 Å². The Morgan fingerprint density at radius 1 is 1.47 bits per heavy atom. The number of hydrogen-bond acceptors (Lipinski definition) is 2. The van der Waals surface area contributed by atoms with Gasteiger partial charge in [0.1, 0.15) is 5.82 Å². The minimum atomic E-state index is -0.219. The predicted octanol–water partition coefficient (Wildman–Crippen LogP) is 4.51. The molecule has 1 aliphatic carbocycles. The number of hydrogen-bond donors (Lipinski definition) is 1. The fraction of sp³-hybridized carbons (Fsp3) is 0.600. The van der Waals surface area contributed by atoms with E-state index in [0.29, 0.717) is 16.6 Å². The highest BCUT2D eigenvalue weighted by atomic mass is 79.9. The smallest absolute Gasteiger partial charge is 0.137 e. The lowest BCUT2D eigenvalue weighted by Crippen LogP contribution is -2.58. The van der Waals surface area contributed by atoms with E-state index < -0.39 is 0 Å². The molecule has 106 valence electrons. The van der Waals surface area contributed by atoms with Crippen LogP contribution in [0.2, 0.25) is 0 Å². The van der Waals surface area contributed by atoms with Crippen LogP contribution in [0.4, 0.5) is 10.1 Å². The summed E-state index contributed by atoms with van der Waals surface area (Å²) in [6, 6.07) is 3.73. The van der Waals surface area contributed by atoms with E-state index >= 15 is 0 Å². The molecule has 0 bridgehead atoms. The second-order valence-electron chi connectivity index (χ2n) is 5.78. The molecule has 0 aromatic heterocycles. The molecule has 1 N–H and O–H groups in total. The molecule has 0 heterocycles. The van der Waals surface area contributed by atoms with Crippen molar-refractivity contribution in [1.29, 1.82) is 0 Å². The van der Waals surface area contributed by atoms with Crippen LogP contribution < -0.4 is 5.32 Å². The summed E-state index contributed by atoms with van der Waals surface area (Å²) >= 11 is 3.24. The topological polar surface area (TPSA) is 21.3 Å². The maximum atomic E-state index is 13.4. The monoisotopic (exact) mass is 329 g/mol. The summed E-state index contributed by atoms with van der Waals surface area (Å²) in [4.78, 5) is 0. The summed E-state index contributed by atoms with van der Waals surface area (Å²) in [6.07, 6.45) is 1.30. The minimum Gasteiger partial charge on any atom is -0.381 e. The molecule has 4 heteroatoms. The third-order valence-electron chi connectivity index (χ3n) is 4.14. The van der Waals surface area contributed by atoms with Crippen molar-refractivity contribution >= 4 is 21.6 Å². The van der Waals surface area contributed by atoms with Crippen LogP contribution >= 0.6 is 15.9 Å². The van der Waals surface area contributed by atoms with Gasteiger partial charge in [-0.2, -0.15) is 0 Å². The first-order chi connectivity index (χ1) is 8.86. The van der Waals surface area contributed by atoms with Crippen molar-refractivity contribution in [2.75, 3.05) is 11.9 Å². The summed E-state index contributed by atoms with van der Waals surface area (Å²) in [6.45, 7) is 9.12. The Bertz CT molecular complexity index is 475. The Morgan fingerprint density at radius 3 is 2.74 bits per heavy atom. The standard InChI is InChI=1S/C15H21BrFNO/c1-5-19-14-8-13(15(14,3)4)18-12-7-10(16)11(17)6-9(12)2/h6-7,13-14,18H,5,8H2,1-4H3. The van der Waals surface area contributed by atoms with E-state index in [1.54, 1.807) is 6.07 Å². The van der Waals surface area contributed by atoms with Gasteiger partial charge in [0.2, 0.25) is 0 Å². The molecule has 0 spiro atoms. The zero-order valence-electron chi connectivity index (χ0n) is 11.9. The van der Waals surface area contributed by atoms with Gasteiger partial charge in [-0.05, 0) is 53.9 Å².